The van der Waals surface area contributed by atoms with Crippen LogP contribution >= 0.6 is 0 Å². The summed E-state index contributed by atoms with van der Waals surface area (Å²) >= 11 is 0. The van der Waals surface area contributed by atoms with Gasteiger partial charge in [0.15, 0.2) is 0 Å². The van der Waals surface area contributed by atoms with E-state index in [4.69, 9.17) is 0 Å². The van der Waals surface area contributed by atoms with Crippen molar-refractivity contribution < 1.29 is 0 Å². The Bertz CT molecular complexity index is 1960. The second kappa shape index (κ2) is 9.47. The molecule has 0 bridgehead atoms. The summed E-state index contributed by atoms with van der Waals surface area (Å²) in [7, 11) is 0. The molecule has 0 N–H and O–H groups in total. The van der Waals surface area contributed by atoms with Crippen LogP contribution in [0.15, 0.2) is 158 Å². The Morgan fingerprint density at radius 3 is 1.77 bits per heavy atom. The number of allylic oxidation sites excluding steroid dienone is 12. The van der Waals surface area contributed by atoms with Crippen LogP contribution in [-0.2, 0) is 0 Å². The van der Waals surface area contributed by atoms with Crippen molar-refractivity contribution in [2.75, 3.05) is 0 Å². The van der Waals surface area contributed by atoms with E-state index < -0.39 is 0 Å². The molecule has 0 saturated carbocycles. The summed E-state index contributed by atoms with van der Waals surface area (Å²) in [5.41, 5.74) is 8.25. The largest absolute Gasteiger partial charge is 0.265 e. The van der Waals surface area contributed by atoms with Crippen molar-refractivity contribution in [3.63, 3.8) is 0 Å². The Labute approximate surface area is 234 Å². The first-order valence-electron chi connectivity index (χ1n) is 14.2. The summed E-state index contributed by atoms with van der Waals surface area (Å²) < 4.78 is 0. The minimum atomic E-state index is 0.281. The van der Waals surface area contributed by atoms with Crippen molar-refractivity contribution in [2.45, 2.75) is 0 Å². The van der Waals surface area contributed by atoms with Crippen LogP contribution in [0.1, 0.15) is 11.1 Å². The first-order chi connectivity index (χ1) is 19.9. The topological polar surface area (TPSA) is 12.9 Å². The zero-order chi connectivity index (χ0) is 26.5. The van der Waals surface area contributed by atoms with Crippen molar-refractivity contribution in [2.24, 2.45) is 23.7 Å². The van der Waals surface area contributed by atoms with E-state index in [1.54, 1.807) is 0 Å². The number of rotatable bonds is 3. The molecule has 8 rings (SSSR count). The molecule has 4 aliphatic carbocycles. The van der Waals surface area contributed by atoms with Crippen LogP contribution in [0.4, 0.5) is 0 Å². The lowest BCUT2D eigenvalue weighted by atomic mass is 9.64. The van der Waals surface area contributed by atoms with Gasteiger partial charge in [-0.05, 0) is 72.8 Å². The minimum absolute atomic E-state index is 0.281. The molecule has 0 aliphatic heterocycles. The molecule has 0 saturated heterocycles. The zero-order valence-electron chi connectivity index (χ0n) is 22.2. The van der Waals surface area contributed by atoms with Crippen LogP contribution in [0, 0.1) is 23.7 Å². The molecule has 4 aromatic rings. The fourth-order valence-electron chi connectivity index (χ4n) is 7.23. The summed E-state index contributed by atoms with van der Waals surface area (Å²) in [6.45, 7) is 0. The van der Waals surface area contributed by atoms with Gasteiger partial charge in [-0.3, -0.25) is 4.98 Å². The number of aromatic nitrogens is 1. The summed E-state index contributed by atoms with van der Waals surface area (Å²) in [5, 5.41) is 5.29. The first kappa shape index (κ1) is 23.2. The van der Waals surface area contributed by atoms with Gasteiger partial charge in [0.2, 0.25) is 0 Å². The number of hydrogen-bond donors (Lipinski definition) is 0. The molecule has 40 heavy (non-hydrogen) atoms. The van der Waals surface area contributed by atoms with Gasteiger partial charge < -0.3 is 0 Å². The second-order valence-corrected chi connectivity index (χ2v) is 11.1. The summed E-state index contributed by atoms with van der Waals surface area (Å²) in [6, 6.07) is 29.0. The fraction of sp³-hybridized carbons (Fsp3) is 0.103. The van der Waals surface area contributed by atoms with Crippen molar-refractivity contribution in [1.29, 1.82) is 0 Å². The van der Waals surface area contributed by atoms with Gasteiger partial charge in [0, 0.05) is 36.1 Å². The zero-order valence-corrected chi connectivity index (χ0v) is 22.2. The number of nitrogens with zero attached hydrogens (tertiary/aromatic N) is 1. The van der Waals surface area contributed by atoms with Gasteiger partial charge in [0.25, 0.3) is 0 Å². The molecule has 1 heteroatoms. The molecule has 0 spiro atoms. The molecule has 4 atom stereocenters. The molecule has 1 heterocycles. The molecule has 3 aromatic carbocycles. The number of hydrogen-bond acceptors (Lipinski definition) is 1. The van der Waals surface area contributed by atoms with Crippen LogP contribution in [0.2, 0.25) is 0 Å². The minimum Gasteiger partial charge on any atom is -0.265 e. The van der Waals surface area contributed by atoms with Gasteiger partial charge >= 0.3 is 0 Å². The first-order valence-corrected chi connectivity index (χ1v) is 14.2. The van der Waals surface area contributed by atoms with Gasteiger partial charge in [-0.25, -0.2) is 0 Å². The summed E-state index contributed by atoms with van der Waals surface area (Å²) in [4.78, 5) is 4.26. The molecule has 0 amide bonds. The molecular weight excluding hydrogens is 482 g/mol. The molecule has 1 nitrogen and oxygen atoms in total. The number of benzene rings is 3. The van der Waals surface area contributed by atoms with Gasteiger partial charge in [-0.1, -0.05) is 121 Å². The van der Waals surface area contributed by atoms with E-state index in [9.17, 15) is 0 Å². The third kappa shape index (κ3) is 3.66. The number of fused-ring (bicyclic) bond motifs is 4. The molecule has 190 valence electrons. The van der Waals surface area contributed by atoms with Gasteiger partial charge in [-0.2, -0.15) is 0 Å². The van der Waals surface area contributed by atoms with Gasteiger partial charge in [0.1, 0.15) is 0 Å². The monoisotopic (exact) mass is 511 g/mol. The van der Waals surface area contributed by atoms with E-state index in [1.165, 1.54) is 54.6 Å². The maximum Gasteiger partial charge on any atom is 0.0273 e. The van der Waals surface area contributed by atoms with Crippen molar-refractivity contribution in [3.05, 3.63) is 179 Å². The highest BCUT2D eigenvalue weighted by molar-refractivity contribution is 5.89. The van der Waals surface area contributed by atoms with Crippen LogP contribution in [0.3, 0.4) is 0 Å². The van der Waals surface area contributed by atoms with Crippen molar-refractivity contribution in [1.82, 2.24) is 4.98 Å². The quantitative estimate of drug-likeness (QED) is 0.280. The molecular formula is C39H29N. The predicted octanol–water partition coefficient (Wildman–Crippen LogP) is 7.34. The van der Waals surface area contributed by atoms with E-state index in [0.717, 1.165) is 0 Å². The predicted molar refractivity (Wildman–Crippen MR) is 166 cm³/mol. The maximum atomic E-state index is 4.26. The van der Waals surface area contributed by atoms with Gasteiger partial charge in [0.05, 0.1) is 0 Å². The highest BCUT2D eigenvalue weighted by Crippen LogP contribution is 2.48. The van der Waals surface area contributed by atoms with Crippen LogP contribution in [0.25, 0.3) is 27.5 Å². The van der Waals surface area contributed by atoms with E-state index >= 15 is 0 Å². The standard InChI is InChI=1S/C39H29N/c1-2-10-28-25-29(18-17-26(28)9-1)38-33-13-5-7-15-35(33)39(36-16-8-6-14-34(36)38)37-20-19-30(27-21-23-40-24-22-27)31-11-3-4-12-32(31)37/h1-25,31-33,35H. The third-order valence-electron chi connectivity index (χ3n) is 8.99. The molecule has 4 unspecified atom stereocenters. The smallest absolute Gasteiger partial charge is 0.0273 e. The summed E-state index contributed by atoms with van der Waals surface area (Å²) in [5.74, 6) is 1.16. The Kier molecular flexibility index (Phi) is 5.48. The normalized spacial score (nSPS) is 24.3. The Balaban J connectivity index is 1.40. The SMILES string of the molecule is C1=CC2C(C3=c4ccccc4=C(c4ccc5ccccc5c4)C4C=CC=CC34)=CC=C(c3ccncc3)C2C=C1. The molecule has 0 fully saturated rings. The third-order valence-corrected chi connectivity index (χ3v) is 8.99. The van der Waals surface area contributed by atoms with Crippen LogP contribution < -0.4 is 10.4 Å². The van der Waals surface area contributed by atoms with Crippen LogP contribution in [0.5, 0.6) is 0 Å². The van der Waals surface area contributed by atoms with E-state index in [2.05, 4.69) is 145 Å². The fourth-order valence-corrected chi connectivity index (χ4v) is 7.23. The van der Waals surface area contributed by atoms with Crippen molar-refractivity contribution in [3.8, 4) is 0 Å². The number of pyridine rings is 1. The highest BCUT2D eigenvalue weighted by Gasteiger charge is 2.37. The van der Waals surface area contributed by atoms with Crippen LogP contribution in [-0.4, -0.2) is 4.98 Å². The Morgan fingerprint density at radius 2 is 1.02 bits per heavy atom. The lowest BCUT2D eigenvalue weighted by Gasteiger charge is -2.39. The average Bonchev–Trinajstić information content (AvgIpc) is 3.03. The molecule has 1 aromatic heterocycles. The van der Waals surface area contributed by atoms with Gasteiger partial charge in [-0.15, -0.1) is 0 Å². The lowest BCUT2D eigenvalue weighted by Crippen LogP contribution is -2.41. The van der Waals surface area contributed by atoms with E-state index in [1.807, 2.05) is 12.4 Å². The molecule has 0 radical (unpaired) electrons. The van der Waals surface area contributed by atoms with Crippen molar-refractivity contribution >= 4 is 27.5 Å². The maximum absolute atomic E-state index is 4.26. The Morgan fingerprint density at radius 1 is 0.450 bits per heavy atom. The van der Waals surface area contributed by atoms with E-state index in [0.29, 0.717) is 11.8 Å². The Hall–Kier alpha value is -4.75. The lowest BCUT2D eigenvalue weighted by molar-refractivity contribution is 0.622. The molecule has 4 aliphatic rings. The second-order valence-electron chi connectivity index (χ2n) is 11.1. The summed E-state index contributed by atoms with van der Waals surface area (Å²) in [6.07, 6.45) is 27.1. The average molecular weight is 512 g/mol. The highest BCUT2D eigenvalue weighted by atomic mass is 14.6. The van der Waals surface area contributed by atoms with E-state index in [-0.39, 0.29) is 11.8 Å².